The zero-order valence-electron chi connectivity index (χ0n) is 33.2. The summed E-state index contributed by atoms with van der Waals surface area (Å²) in [6.07, 6.45) is 0. The fraction of sp³-hybridized carbons (Fsp3) is 0. The smallest absolute Gasteiger partial charge is 0.166 e. The first-order valence-electron chi connectivity index (χ1n) is 20.6. The van der Waals surface area contributed by atoms with Gasteiger partial charge in [-0.2, -0.15) is 0 Å². The molecular formula is C57H38N4. The van der Waals surface area contributed by atoms with Crippen molar-refractivity contribution in [2.24, 2.45) is 0 Å². The highest BCUT2D eigenvalue weighted by Gasteiger charge is 2.20. The summed E-state index contributed by atoms with van der Waals surface area (Å²) < 4.78 is 2.37. The third kappa shape index (κ3) is 6.86. The SMILES string of the molecule is c1ccc(-c2cccc(-c3ccc(-c4nc(-c5ccccc5)nc(-c5ccc(-c6cccc(-c7ccccc7)c6)cc5-n5c6ccccc6c6ccccc65)n4)cc3)c2)cc1. The molecule has 0 unspecified atom stereocenters. The Morgan fingerprint density at radius 2 is 0.590 bits per heavy atom. The van der Waals surface area contributed by atoms with Gasteiger partial charge < -0.3 is 4.57 Å². The molecule has 286 valence electrons. The monoisotopic (exact) mass is 778 g/mol. The van der Waals surface area contributed by atoms with Crippen molar-refractivity contribution in [3.63, 3.8) is 0 Å². The van der Waals surface area contributed by atoms with Gasteiger partial charge in [-0.1, -0.05) is 194 Å². The number of para-hydroxylation sites is 2. The molecule has 11 aromatic rings. The van der Waals surface area contributed by atoms with Gasteiger partial charge in [-0.25, -0.2) is 15.0 Å². The van der Waals surface area contributed by atoms with Crippen molar-refractivity contribution >= 4 is 21.8 Å². The Hall–Kier alpha value is -8.21. The molecule has 11 rings (SSSR count). The Morgan fingerprint density at radius 1 is 0.246 bits per heavy atom. The van der Waals surface area contributed by atoms with Crippen molar-refractivity contribution in [3.05, 3.63) is 231 Å². The summed E-state index contributed by atoms with van der Waals surface area (Å²) >= 11 is 0. The average molecular weight is 779 g/mol. The highest BCUT2D eigenvalue weighted by atomic mass is 15.1. The predicted octanol–water partition coefficient (Wildman–Crippen LogP) is 14.6. The molecule has 0 radical (unpaired) electrons. The molecule has 61 heavy (non-hydrogen) atoms. The van der Waals surface area contributed by atoms with Gasteiger partial charge in [0.15, 0.2) is 17.5 Å². The molecule has 4 heteroatoms. The minimum atomic E-state index is 0.602. The van der Waals surface area contributed by atoms with Crippen molar-refractivity contribution < 1.29 is 0 Å². The van der Waals surface area contributed by atoms with Gasteiger partial charge in [0.1, 0.15) is 0 Å². The summed E-state index contributed by atoms with van der Waals surface area (Å²) in [6, 6.07) is 81.2. The van der Waals surface area contributed by atoms with E-state index < -0.39 is 0 Å². The van der Waals surface area contributed by atoms with Crippen molar-refractivity contribution in [2.75, 3.05) is 0 Å². The molecule has 0 saturated heterocycles. The van der Waals surface area contributed by atoms with Crippen LogP contribution in [0.3, 0.4) is 0 Å². The average Bonchev–Trinajstić information content (AvgIpc) is 3.69. The van der Waals surface area contributed by atoms with E-state index in [1.165, 1.54) is 33.0 Å². The number of fused-ring (bicyclic) bond motifs is 3. The summed E-state index contributed by atoms with van der Waals surface area (Å²) in [5.74, 6) is 1.83. The van der Waals surface area contributed by atoms with Crippen LogP contribution in [0.5, 0.6) is 0 Å². The lowest BCUT2D eigenvalue weighted by molar-refractivity contribution is 1.06. The maximum absolute atomic E-state index is 5.31. The van der Waals surface area contributed by atoms with Gasteiger partial charge in [-0.15, -0.1) is 0 Å². The number of aromatic nitrogens is 4. The highest BCUT2D eigenvalue weighted by molar-refractivity contribution is 6.09. The molecule has 2 aromatic heterocycles. The molecule has 4 nitrogen and oxygen atoms in total. The van der Waals surface area contributed by atoms with E-state index in [4.69, 9.17) is 15.0 Å². The molecule has 0 aliphatic rings. The summed E-state index contributed by atoms with van der Waals surface area (Å²) in [7, 11) is 0. The van der Waals surface area contributed by atoms with Gasteiger partial charge >= 0.3 is 0 Å². The Kier molecular flexibility index (Phi) is 9.14. The lowest BCUT2D eigenvalue weighted by Crippen LogP contribution is -2.04. The summed E-state index contributed by atoms with van der Waals surface area (Å²) in [6.45, 7) is 0. The van der Waals surface area contributed by atoms with Crippen LogP contribution in [0.25, 0.3) is 106 Å². The van der Waals surface area contributed by atoms with Crippen molar-refractivity contribution in [1.82, 2.24) is 19.5 Å². The van der Waals surface area contributed by atoms with Crippen LogP contribution < -0.4 is 0 Å². The molecule has 9 aromatic carbocycles. The molecule has 0 amide bonds. The molecule has 0 bridgehead atoms. The maximum atomic E-state index is 5.31. The number of hydrogen-bond donors (Lipinski definition) is 0. The Morgan fingerprint density at radius 3 is 1.11 bits per heavy atom. The van der Waals surface area contributed by atoms with Crippen LogP contribution in [-0.2, 0) is 0 Å². The first-order chi connectivity index (χ1) is 30.2. The summed E-state index contributed by atoms with van der Waals surface area (Å²) in [4.78, 5) is 15.7. The normalized spacial score (nSPS) is 11.3. The third-order valence-electron chi connectivity index (χ3n) is 11.5. The molecule has 0 spiro atoms. The molecule has 0 saturated carbocycles. The second kappa shape index (κ2) is 15.5. The highest BCUT2D eigenvalue weighted by Crippen LogP contribution is 2.39. The topological polar surface area (TPSA) is 43.6 Å². The van der Waals surface area contributed by atoms with Crippen LogP contribution in [0, 0.1) is 0 Å². The molecule has 2 heterocycles. The van der Waals surface area contributed by atoms with E-state index >= 15 is 0 Å². The van der Waals surface area contributed by atoms with Crippen molar-refractivity contribution in [3.8, 4) is 84.4 Å². The van der Waals surface area contributed by atoms with E-state index in [2.05, 4.69) is 211 Å². The van der Waals surface area contributed by atoms with Gasteiger partial charge in [0.05, 0.1) is 16.7 Å². The Labute approximate surface area is 354 Å². The van der Waals surface area contributed by atoms with E-state index in [1.807, 2.05) is 24.3 Å². The maximum Gasteiger partial charge on any atom is 0.166 e. The van der Waals surface area contributed by atoms with Crippen LogP contribution in [0.2, 0.25) is 0 Å². The molecule has 0 N–H and O–H groups in total. The van der Waals surface area contributed by atoms with Gasteiger partial charge in [0, 0.05) is 27.5 Å². The second-order valence-corrected chi connectivity index (χ2v) is 15.2. The van der Waals surface area contributed by atoms with E-state index in [0.717, 1.165) is 55.7 Å². The van der Waals surface area contributed by atoms with Crippen LogP contribution >= 0.6 is 0 Å². The first-order valence-corrected chi connectivity index (χ1v) is 20.6. The Balaban J connectivity index is 1.09. The summed E-state index contributed by atoms with van der Waals surface area (Å²) in [5.41, 5.74) is 15.2. The van der Waals surface area contributed by atoms with Gasteiger partial charge in [0.2, 0.25) is 0 Å². The van der Waals surface area contributed by atoms with Crippen molar-refractivity contribution in [2.45, 2.75) is 0 Å². The van der Waals surface area contributed by atoms with E-state index in [-0.39, 0.29) is 0 Å². The molecule has 0 aliphatic heterocycles. The minimum Gasteiger partial charge on any atom is -0.308 e. The van der Waals surface area contributed by atoms with Gasteiger partial charge in [-0.3, -0.25) is 0 Å². The van der Waals surface area contributed by atoms with Crippen molar-refractivity contribution in [1.29, 1.82) is 0 Å². The Bertz CT molecular complexity index is 3280. The lowest BCUT2D eigenvalue weighted by atomic mass is 9.97. The van der Waals surface area contributed by atoms with Crippen LogP contribution in [-0.4, -0.2) is 19.5 Å². The summed E-state index contributed by atoms with van der Waals surface area (Å²) in [5, 5.41) is 2.38. The second-order valence-electron chi connectivity index (χ2n) is 15.2. The zero-order chi connectivity index (χ0) is 40.5. The van der Waals surface area contributed by atoms with Gasteiger partial charge in [0.25, 0.3) is 0 Å². The lowest BCUT2D eigenvalue weighted by Gasteiger charge is -2.17. The molecule has 0 aliphatic carbocycles. The quantitative estimate of drug-likeness (QED) is 0.154. The molecular weight excluding hydrogens is 741 g/mol. The molecule has 0 atom stereocenters. The third-order valence-corrected chi connectivity index (χ3v) is 11.5. The van der Waals surface area contributed by atoms with Gasteiger partial charge in [-0.05, 0) is 80.9 Å². The minimum absolute atomic E-state index is 0.602. The standard InChI is InChI=1S/C57H38N4/c1-4-16-39(17-5-1)44-22-14-24-46(36-44)41-30-32-43(33-31-41)56-58-55(42-20-8-3-9-21-42)59-57(60-56)51-35-34-48(47-25-15-23-45(37-47)40-18-6-2-7-19-40)38-54(51)61-52-28-12-10-26-49(52)50-27-11-13-29-53(50)61/h1-38H. The van der Waals surface area contributed by atoms with Crippen LogP contribution in [0.4, 0.5) is 0 Å². The van der Waals surface area contributed by atoms with Crippen LogP contribution in [0.1, 0.15) is 0 Å². The zero-order valence-corrected chi connectivity index (χ0v) is 33.2. The predicted molar refractivity (Wildman–Crippen MR) is 252 cm³/mol. The van der Waals surface area contributed by atoms with E-state index in [9.17, 15) is 0 Å². The number of hydrogen-bond acceptors (Lipinski definition) is 3. The molecule has 0 fully saturated rings. The van der Waals surface area contributed by atoms with Crippen LogP contribution in [0.15, 0.2) is 231 Å². The largest absolute Gasteiger partial charge is 0.308 e. The first kappa shape index (κ1) is 35.9. The van der Waals surface area contributed by atoms with E-state index in [1.54, 1.807) is 0 Å². The fourth-order valence-electron chi connectivity index (χ4n) is 8.44. The number of rotatable bonds is 8. The fourth-order valence-corrected chi connectivity index (χ4v) is 8.44. The number of benzene rings is 9. The number of nitrogens with zero attached hydrogens (tertiary/aromatic N) is 4. The van der Waals surface area contributed by atoms with E-state index in [0.29, 0.717) is 17.5 Å².